The zero-order valence-corrected chi connectivity index (χ0v) is 19.1. The number of benzene rings is 3. The van der Waals surface area contributed by atoms with Gasteiger partial charge in [0.05, 0.1) is 5.69 Å². The molecule has 0 N–H and O–H groups in total. The van der Waals surface area contributed by atoms with Crippen LogP contribution >= 0.6 is 0 Å². The fourth-order valence-electron chi connectivity index (χ4n) is 5.21. The standard InChI is InChI=1S/C28H33N3O/c1-2-3-18-31-26-14-13-25(23-11-7-12-24(27(23)26)28(31)32)30-17-8-16-29(20-21-30)19-15-22-9-5-4-6-10-22/h4-7,9-14H,2-3,8,15-21H2,1H3. The Hall–Kier alpha value is -2.85. The minimum Gasteiger partial charge on any atom is -0.370 e. The van der Waals surface area contributed by atoms with Crippen molar-refractivity contribution in [3.63, 3.8) is 0 Å². The molecule has 2 aliphatic rings. The molecule has 3 aromatic carbocycles. The van der Waals surface area contributed by atoms with Gasteiger partial charge in [-0.1, -0.05) is 55.8 Å². The maximum atomic E-state index is 13.1. The molecule has 3 aromatic rings. The number of hydrogen-bond acceptors (Lipinski definition) is 3. The van der Waals surface area contributed by atoms with Gasteiger partial charge in [0.1, 0.15) is 0 Å². The quantitative estimate of drug-likeness (QED) is 0.508. The minimum atomic E-state index is 0.166. The second-order valence-corrected chi connectivity index (χ2v) is 9.06. The Kier molecular flexibility index (Phi) is 6.13. The lowest BCUT2D eigenvalue weighted by molar-refractivity contribution is 0.0993. The van der Waals surface area contributed by atoms with Gasteiger partial charge in [-0.05, 0) is 49.6 Å². The summed E-state index contributed by atoms with van der Waals surface area (Å²) >= 11 is 0. The van der Waals surface area contributed by atoms with E-state index in [9.17, 15) is 4.79 Å². The summed E-state index contributed by atoms with van der Waals surface area (Å²) in [6.07, 6.45) is 4.40. The molecule has 0 aliphatic carbocycles. The van der Waals surface area contributed by atoms with E-state index in [1.807, 2.05) is 11.0 Å². The molecule has 0 aromatic heterocycles. The van der Waals surface area contributed by atoms with Crippen molar-refractivity contribution in [2.75, 3.05) is 49.1 Å². The number of carbonyl (C=O) groups is 1. The molecule has 5 rings (SSSR count). The zero-order valence-electron chi connectivity index (χ0n) is 19.1. The third kappa shape index (κ3) is 4.00. The first-order valence-electron chi connectivity index (χ1n) is 12.1. The van der Waals surface area contributed by atoms with E-state index in [4.69, 9.17) is 0 Å². The molecule has 4 heteroatoms. The van der Waals surface area contributed by atoms with Crippen molar-refractivity contribution in [1.82, 2.24) is 4.90 Å². The fraction of sp³-hybridized carbons (Fsp3) is 0.393. The van der Waals surface area contributed by atoms with E-state index in [0.29, 0.717) is 0 Å². The van der Waals surface area contributed by atoms with Crippen LogP contribution in [-0.4, -0.2) is 50.1 Å². The topological polar surface area (TPSA) is 26.8 Å². The summed E-state index contributed by atoms with van der Waals surface area (Å²) < 4.78 is 0. The van der Waals surface area contributed by atoms with E-state index in [-0.39, 0.29) is 5.91 Å². The number of unbranched alkanes of at least 4 members (excludes halogenated alkanes) is 1. The molecule has 1 fully saturated rings. The Bertz CT molecular complexity index is 1090. The molecule has 0 bridgehead atoms. The summed E-state index contributed by atoms with van der Waals surface area (Å²) in [7, 11) is 0. The van der Waals surface area contributed by atoms with Crippen LogP contribution in [0.25, 0.3) is 10.8 Å². The van der Waals surface area contributed by atoms with Crippen LogP contribution in [0.3, 0.4) is 0 Å². The third-order valence-corrected chi connectivity index (χ3v) is 6.99. The fourth-order valence-corrected chi connectivity index (χ4v) is 5.21. The number of anilines is 2. The third-order valence-electron chi connectivity index (χ3n) is 6.99. The van der Waals surface area contributed by atoms with Crippen molar-refractivity contribution >= 4 is 28.1 Å². The van der Waals surface area contributed by atoms with Crippen molar-refractivity contribution < 1.29 is 4.79 Å². The van der Waals surface area contributed by atoms with Gasteiger partial charge in [0.2, 0.25) is 0 Å². The van der Waals surface area contributed by atoms with Gasteiger partial charge in [-0.3, -0.25) is 4.79 Å². The molecule has 1 saturated heterocycles. The smallest absolute Gasteiger partial charge is 0.258 e. The van der Waals surface area contributed by atoms with E-state index >= 15 is 0 Å². The maximum absolute atomic E-state index is 13.1. The van der Waals surface area contributed by atoms with Gasteiger partial charge >= 0.3 is 0 Å². The first kappa shape index (κ1) is 21.0. The molecular weight excluding hydrogens is 394 g/mol. The van der Waals surface area contributed by atoms with Gasteiger partial charge in [0.15, 0.2) is 0 Å². The molecule has 2 heterocycles. The van der Waals surface area contributed by atoms with Crippen LogP contribution in [0.1, 0.15) is 42.1 Å². The molecular formula is C28H33N3O. The van der Waals surface area contributed by atoms with Crippen LogP contribution in [0, 0.1) is 0 Å². The van der Waals surface area contributed by atoms with E-state index in [2.05, 4.69) is 71.3 Å². The van der Waals surface area contributed by atoms with Gasteiger partial charge in [-0.25, -0.2) is 0 Å². The van der Waals surface area contributed by atoms with E-state index in [1.165, 1.54) is 23.1 Å². The van der Waals surface area contributed by atoms with Crippen molar-refractivity contribution in [3.05, 3.63) is 71.8 Å². The lowest BCUT2D eigenvalue weighted by Crippen LogP contribution is -2.32. The summed E-state index contributed by atoms with van der Waals surface area (Å²) in [6.45, 7) is 8.41. The number of amides is 1. The van der Waals surface area contributed by atoms with Crippen LogP contribution in [0.4, 0.5) is 11.4 Å². The molecule has 0 spiro atoms. The molecule has 1 amide bonds. The highest BCUT2D eigenvalue weighted by atomic mass is 16.2. The van der Waals surface area contributed by atoms with Crippen molar-refractivity contribution in [2.45, 2.75) is 32.6 Å². The highest BCUT2D eigenvalue weighted by Gasteiger charge is 2.30. The number of nitrogens with zero attached hydrogens (tertiary/aromatic N) is 3. The second kappa shape index (κ2) is 9.33. The van der Waals surface area contributed by atoms with Crippen molar-refractivity contribution in [1.29, 1.82) is 0 Å². The largest absolute Gasteiger partial charge is 0.370 e. The Labute approximate surface area is 191 Å². The molecule has 4 nitrogen and oxygen atoms in total. The van der Waals surface area contributed by atoms with Crippen LogP contribution in [-0.2, 0) is 6.42 Å². The highest BCUT2D eigenvalue weighted by molar-refractivity contribution is 6.26. The number of hydrogen-bond donors (Lipinski definition) is 0. The van der Waals surface area contributed by atoms with Crippen molar-refractivity contribution in [2.24, 2.45) is 0 Å². The average molecular weight is 428 g/mol. The Balaban J connectivity index is 1.34. The van der Waals surface area contributed by atoms with Gasteiger partial charge in [-0.15, -0.1) is 0 Å². The van der Waals surface area contributed by atoms with E-state index in [0.717, 1.165) is 75.2 Å². The highest BCUT2D eigenvalue weighted by Crippen LogP contribution is 2.42. The predicted octanol–water partition coefficient (Wildman–Crippen LogP) is 5.35. The molecule has 0 atom stereocenters. The van der Waals surface area contributed by atoms with E-state index < -0.39 is 0 Å². The van der Waals surface area contributed by atoms with Crippen molar-refractivity contribution in [3.8, 4) is 0 Å². The van der Waals surface area contributed by atoms with Gasteiger partial charge < -0.3 is 14.7 Å². The Morgan fingerprint density at radius 3 is 2.50 bits per heavy atom. The van der Waals surface area contributed by atoms with Crippen LogP contribution in [0.15, 0.2) is 60.7 Å². The number of carbonyl (C=O) groups excluding carboxylic acids is 1. The summed E-state index contributed by atoms with van der Waals surface area (Å²) in [5.74, 6) is 0.166. The summed E-state index contributed by atoms with van der Waals surface area (Å²) in [5, 5.41) is 2.38. The molecule has 0 radical (unpaired) electrons. The predicted molar refractivity (Wildman–Crippen MR) is 134 cm³/mol. The minimum absolute atomic E-state index is 0.166. The summed E-state index contributed by atoms with van der Waals surface area (Å²) in [5.41, 5.74) is 4.66. The first-order chi connectivity index (χ1) is 15.8. The normalized spacial score (nSPS) is 16.7. The first-order valence-corrected chi connectivity index (χ1v) is 12.1. The molecule has 32 heavy (non-hydrogen) atoms. The summed E-state index contributed by atoms with van der Waals surface area (Å²) in [4.78, 5) is 20.2. The van der Waals surface area contributed by atoms with E-state index in [1.54, 1.807) is 0 Å². The zero-order chi connectivity index (χ0) is 21.9. The van der Waals surface area contributed by atoms with Gasteiger partial charge in [0, 0.05) is 54.7 Å². The van der Waals surface area contributed by atoms with Crippen LogP contribution < -0.4 is 9.80 Å². The average Bonchev–Trinajstić information content (AvgIpc) is 2.97. The van der Waals surface area contributed by atoms with Crippen LogP contribution in [0.2, 0.25) is 0 Å². The SMILES string of the molecule is CCCCN1C(=O)c2cccc3c(N4CCCN(CCc5ccccc5)CC4)ccc1c23. The Morgan fingerprint density at radius 2 is 1.66 bits per heavy atom. The molecule has 166 valence electrons. The van der Waals surface area contributed by atoms with Gasteiger partial charge in [-0.2, -0.15) is 0 Å². The monoisotopic (exact) mass is 427 g/mol. The summed E-state index contributed by atoms with van der Waals surface area (Å²) in [6, 6.07) is 21.5. The maximum Gasteiger partial charge on any atom is 0.258 e. The van der Waals surface area contributed by atoms with Gasteiger partial charge in [0.25, 0.3) is 5.91 Å². The number of rotatable bonds is 7. The molecule has 0 unspecified atom stereocenters. The lowest BCUT2D eigenvalue weighted by atomic mass is 10.0. The second-order valence-electron chi connectivity index (χ2n) is 9.06. The molecule has 2 aliphatic heterocycles. The molecule has 0 saturated carbocycles. The van der Waals surface area contributed by atoms with Crippen LogP contribution in [0.5, 0.6) is 0 Å². The lowest BCUT2D eigenvalue weighted by Gasteiger charge is -2.26. The Morgan fingerprint density at radius 1 is 0.812 bits per heavy atom.